The van der Waals surface area contributed by atoms with Crippen molar-refractivity contribution < 1.29 is 4.79 Å². The average molecular weight is 224 g/mol. The Morgan fingerprint density at radius 1 is 1.40 bits per heavy atom. The topological polar surface area (TPSA) is 41.1 Å². The van der Waals surface area contributed by atoms with Crippen molar-refractivity contribution in [2.24, 2.45) is 5.92 Å². The average Bonchev–Trinajstić information content (AvgIpc) is 2.18. The van der Waals surface area contributed by atoms with Gasteiger partial charge in [-0.1, -0.05) is 26.0 Å². The largest absolute Gasteiger partial charge is 0.338 e. The van der Waals surface area contributed by atoms with Gasteiger partial charge in [-0.2, -0.15) is 0 Å². The summed E-state index contributed by atoms with van der Waals surface area (Å²) in [4.78, 5) is 12.2. The summed E-state index contributed by atoms with van der Waals surface area (Å²) in [6, 6.07) is 7.20. The Labute approximate surface area is 95.7 Å². The summed E-state index contributed by atoms with van der Waals surface area (Å²) in [6.45, 7) is 4.76. The van der Waals surface area contributed by atoms with Gasteiger partial charge in [0.1, 0.15) is 0 Å². The Balaban J connectivity index is 2.48. The maximum absolute atomic E-state index is 11.4. The van der Waals surface area contributed by atoms with Gasteiger partial charge in [-0.15, -0.1) is 12.6 Å². The number of hydrogen-bond acceptors (Lipinski definition) is 2. The molecule has 2 amide bonds. The van der Waals surface area contributed by atoms with Crippen LogP contribution in [0.25, 0.3) is 0 Å². The first-order valence-electron chi connectivity index (χ1n) is 4.92. The summed E-state index contributed by atoms with van der Waals surface area (Å²) >= 11 is 4.24. The van der Waals surface area contributed by atoms with E-state index >= 15 is 0 Å². The Hall–Kier alpha value is -1.16. The van der Waals surface area contributed by atoms with E-state index < -0.39 is 0 Å². The quantitative estimate of drug-likeness (QED) is 0.679. The van der Waals surface area contributed by atoms with E-state index in [2.05, 4.69) is 23.3 Å². The smallest absolute Gasteiger partial charge is 0.319 e. The minimum absolute atomic E-state index is 0.190. The van der Waals surface area contributed by atoms with Gasteiger partial charge in [-0.05, 0) is 18.1 Å². The molecule has 0 saturated heterocycles. The lowest BCUT2D eigenvalue weighted by Gasteiger charge is -2.10. The number of amides is 2. The standard InChI is InChI=1S/C11H16N2OS/c1-8(2)7-12-11(14)13-9-5-3-4-6-10(9)15/h3-6,8,15H,7H2,1-2H3,(H2,12,13,14). The molecule has 15 heavy (non-hydrogen) atoms. The fraction of sp³-hybridized carbons (Fsp3) is 0.364. The van der Waals surface area contributed by atoms with E-state index in [4.69, 9.17) is 0 Å². The summed E-state index contributed by atoms with van der Waals surface area (Å²) in [5.74, 6) is 0.446. The zero-order valence-electron chi connectivity index (χ0n) is 8.95. The van der Waals surface area contributed by atoms with Crippen LogP contribution in [0.4, 0.5) is 10.5 Å². The molecule has 0 spiro atoms. The minimum atomic E-state index is -0.190. The van der Waals surface area contributed by atoms with Crippen LogP contribution in [0.1, 0.15) is 13.8 Å². The van der Waals surface area contributed by atoms with Crippen LogP contribution in [-0.4, -0.2) is 12.6 Å². The number of benzene rings is 1. The molecule has 3 nitrogen and oxygen atoms in total. The van der Waals surface area contributed by atoms with Crippen LogP contribution in [0.2, 0.25) is 0 Å². The lowest BCUT2D eigenvalue weighted by atomic mass is 10.2. The fourth-order valence-corrected chi connectivity index (χ4v) is 1.26. The molecule has 0 aliphatic carbocycles. The van der Waals surface area contributed by atoms with Crippen molar-refractivity contribution in [1.82, 2.24) is 5.32 Å². The van der Waals surface area contributed by atoms with E-state index in [-0.39, 0.29) is 6.03 Å². The summed E-state index contributed by atoms with van der Waals surface area (Å²) in [5.41, 5.74) is 0.724. The van der Waals surface area contributed by atoms with Gasteiger partial charge in [-0.3, -0.25) is 0 Å². The van der Waals surface area contributed by atoms with E-state index in [1.165, 1.54) is 0 Å². The Morgan fingerprint density at radius 2 is 2.07 bits per heavy atom. The van der Waals surface area contributed by atoms with Gasteiger partial charge in [0.15, 0.2) is 0 Å². The molecule has 0 atom stereocenters. The van der Waals surface area contributed by atoms with Crippen LogP contribution in [0.5, 0.6) is 0 Å². The van der Waals surface area contributed by atoms with Gasteiger partial charge in [0, 0.05) is 11.4 Å². The van der Waals surface area contributed by atoms with Crippen molar-refractivity contribution in [1.29, 1.82) is 0 Å². The second-order valence-electron chi connectivity index (χ2n) is 3.75. The number of thiol groups is 1. The Kier molecular flexibility index (Phi) is 4.49. The molecule has 0 aliphatic heterocycles. The lowest BCUT2D eigenvalue weighted by Crippen LogP contribution is -2.31. The van der Waals surface area contributed by atoms with Gasteiger partial charge in [0.05, 0.1) is 5.69 Å². The summed E-state index contributed by atoms with van der Waals surface area (Å²) in [5, 5.41) is 5.51. The monoisotopic (exact) mass is 224 g/mol. The molecule has 0 radical (unpaired) electrons. The third-order valence-electron chi connectivity index (χ3n) is 1.82. The normalized spacial score (nSPS) is 10.1. The molecule has 4 heteroatoms. The summed E-state index contributed by atoms with van der Waals surface area (Å²) in [6.07, 6.45) is 0. The highest BCUT2D eigenvalue weighted by atomic mass is 32.1. The zero-order valence-corrected chi connectivity index (χ0v) is 9.84. The molecular formula is C11H16N2OS. The predicted octanol–water partition coefficient (Wildman–Crippen LogP) is 2.75. The molecule has 2 N–H and O–H groups in total. The highest BCUT2D eigenvalue weighted by Crippen LogP contribution is 2.18. The van der Waals surface area contributed by atoms with Crippen LogP contribution < -0.4 is 10.6 Å². The van der Waals surface area contributed by atoms with Crippen LogP contribution in [0.3, 0.4) is 0 Å². The molecule has 0 aliphatic rings. The summed E-state index contributed by atoms with van der Waals surface area (Å²) in [7, 11) is 0. The maximum Gasteiger partial charge on any atom is 0.319 e. The van der Waals surface area contributed by atoms with Gasteiger partial charge in [0.2, 0.25) is 0 Å². The van der Waals surface area contributed by atoms with Crippen molar-refractivity contribution in [3.63, 3.8) is 0 Å². The minimum Gasteiger partial charge on any atom is -0.338 e. The zero-order chi connectivity index (χ0) is 11.3. The predicted molar refractivity (Wildman–Crippen MR) is 65.6 cm³/mol. The van der Waals surface area contributed by atoms with Crippen LogP contribution >= 0.6 is 12.6 Å². The van der Waals surface area contributed by atoms with Crippen molar-refractivity contribution in [3.05, 3.63) is 24.3 Å². The second-order valence-corrected chi connectivity index (χ2v) is 4.23. The number of nitrogens with one attached hydrogen (secondary N) is 2. The Morgan fingerprint density at radius 3 is 2.67 bits per heavy atom. The third kappa shape index (κ3) is 4.25. The first-order valence-corrected chi connectivity index (χ1v) is 5.37. The van der Waals surface area contributed by atoms with Crippen molar-refractivity contribution in [2.75, 3.05) is 11.9 Å². The molecule has 0 bridgehead atoms. The van der Waals surface area contributed by atoms with Gasteiger partial charge in [-0.25, -0.2) is 4.79 Å². The molecule has 0 unspecified atom stereocenters. The van der Waals surface area contributed by atoms with E-state index in [0.717, 1.165) is 10.6 Å². The molecule has 1 aromatic carbocycles. The number of carbonyl (C=O) groups is 1. The van der Waals surface area contributed by atoms with E-state index in [1.54, 1.807) is 0 Å². The van der Waals surface area contributed by atoms with E-state index in [9.17, 15) is 4.79 Å². The molecule has 0 heterocycles. The van der Waals surface area contributed by atoms with Gasteiger partial charge in [0.25, 0.3) is 0 Å². The van der Waals surface area contributed by atoms with E-state index in [0.29, 0.717) is 12.5 Å². The second kappa shape index (κ2) is 5.66. The number of anilines is 1. The molecule has 1 rings (SSSR count). The molecular weight excluding hydrogens is 208 g/mol. The van der Waals surface area contributed by atoms with Crippen LogP contribution in [0.15, 0.2) is 29.2 Å². The van der Waals surface area contributed by atoms with Gasteiger partial charge >= 0.3 is 6.03 Å². The number of hydrogen-bond donors (Lipinski definition) is 3. The lowest BCUT2D eigenvalue weighted by molar-refractivity contribution is 0.251. The van der Waals surface area contributed by atoms with Crippen molar-refractivity contribution >= 4 is 24.3 Å². The van der Waals surface area contributed by atoms with Crippen LogP contribution in [-0.2, 0) is 0 Å². The SMILES string of the molecule is CC(C)CNC(=O)Nc1ccccc1S. The number of rotatable bonds is 3. The molecule has 0 saturated carbocycles. The first-order chi connectivity index (χ1) is 7.09. The highest BCUT2D eigenvalue weighted by Gasteiger charge is 2.03. The molecule has 1 aromatic rings. The third-order valence-corrected chi connectivity index (χ3v) is 2.21. The fourth-order valence-electron chi connectivity index (χ4n) is 1.04. The number of para-hydroxylation sites is 1. The van der Waals surface area contributed by atoms with E-state index in [1.807, 2.05) is 38.1 Å². The van der Waals surface area contributed by atoms with Crippen LogP contribution in [0, 0.1) is 5.92 Å². The Bertz CT molecular complexity index is 339. The maximum atomic E-state index is 11.4. The molecule has 82 valence electrons. The summed E-state index contributed by atoms with van der Waals surface area (Å²) < 4.78 is 0. The molecule has 0 aromatic heterocycles. The highest BCUT2D eigenvalue weighted by molar-refractivity contribution is 7.80. The number of carbonyl (C=O) groups excluding carboxylic acids is 1. The van der Waals surface area contributed by atoms with Crippen molar-refractivity contribution in [3.8, 4) is 0 Å². The first kappa shape index (κ1) is 11.9. The van der Waals surface area contributed by atoms with Crippen molar-refractivity contribution in [2.45, 2.75) is 18.7 Å². The number of urea groups is 1. The molecule has 0 fully saturated rings. The van der Waals surface area contributed by atoms with Gasteiger partial charge < -0.3 is 10.6 Å².